The monoisotopic (exact) mass is 668 g/mol. The minimum Gasteiger partial charge on any atom is -0.379 e. The van der Waals surface area contributed by atoms with Crippen LogP contribution in [0.5, 0.6) is 0 Å². The largest absolute Gasteiger partial charge is 0.379 e. The maximum Gasteiger partial charge on any atom is 0.160 e. The first kappa shape index (κ1) is 31.3. The predicted octanol–water partition coefficient (Wildman–Crippen LogP) is 11.5. The van der Waals surface area contributed by atoms with E-state index >= 15 is 0 Å². The van der Waals surface area contributed by atoms with E-state index in [-0.39, 0.29) is 0 Å². The number of pyridine rings is 1. The van der Waals surface area contributed by atoms with Gasteiger partial charge in [-0.25, -0.2) is 15.0 Å². The van der Waals surface area contributed by atoms with E-state index in [1.54, 1.807) is 0 Å². The molecule has 1 aromatic heterocycles. The van der Waals surface area contributed by atoms with E-state index in [0.29, 0.717) is 11.5 Å². The molecule has 1 aliphatic heterocycles. The SMILES string of the molecule is C=C(N=C(N=C(C)c1cc(-c2ccc3ccc4c(c3n2)NCC=C4)cc(-c2cccc3c2Cc2ccccc2-3)c1)c1ccccc1)c1ccccc1. The molecule has 248 valence electrons. The summed E-state index contributed by atoms with van der Waals surface area (Å²) in [7, 11) is 0. The number of hydrogen-bond acceptors (Lipinski definition) is 3. The Kier molecular flexibility index (Phi) is 7.98. The summed E-state index contributed by atoms with van der Waals surface area (Å²) in [6.07, 6.45) is 5.22. The Balaban J connectivity index is 1.22. The van der Waals surface area contributed by atoms with Gasteiger partial charge in [-0.1, -0.05) is 140 Å². The number of aliphatic imine (C=N–C) groups is 2. The van der Waals surface area contributed by atoms with Gasteiger partial charge in [-0.2, -0.15) is 0 Å². The van der Waals surface area contributed by atoms with Crippen molar-refractivity contribution in [1.29, 1.82) is 0 Å². The summed E-state index contributed by atoms with van der Waals surface area (Å²) in [4.78, 5) is 15.5. The summed E-state index contributed by atoms with van der Waals surface area (Å²) in [6.45, 7) is 7.17. The summed E-state index contributed by atoms with van der Waals surface area (Å²) in [6, 6.07) is 51.0. The van der Waals surface area contributed by atoms with Crippen LogP contribution in [0.1, 0.15) is 40.3 Å². The zero-order chi connectivity index (χ0) is 35.0. The van der Waals surface area contributed by atoms with Crippen molar-refractivity contribution < 1.29 is 0 Å². The van der Waals surface area contributed by atoms with Gasteiger partial charge in [-0.15, -0.1) is 0 Å². The van der Waals surface area contributed by atoms with Crippen LogP contribution in [0.2, 0.25) is 0 Å². The second-order valence-corrected chi connectivity index (χ2v) is 13.4. The van der Waals surface area contributed by atoms with Gasteiger partial charge in [0, 0.05) is 28.8 Å². The number of anilines is 1. The highest BCUT2D eigenvalue weighted by Crippen LogP contribution is 2.42. The number of nitrogens with one attached hydrogen (secondary N) is 1. The van der Waals surface area contributed by atoms with E-state index in [0.717, 1.165) is 74.3 Å². The molecular weight excluding hydrogens is 633 g/mol. The number of hydrogen-bond donors (Lipinski definition) is 1. The maximum absolute atomic E-state index is 5.31. The van der Waals surface area contributed by atoms with Crippen molar-refractivity contribution in [1.82, 2.24) is 4.98 Å². The number of fused-ring (bicyclic) bond motifs is 6. The molecule has 0 radical (unpaired) electrons. The zero-order valence-corrected chi connectivity index (χ0v) is 29.0. The molecule has 1 aliphatic carbocycles. The predicted molar refractivity (Wildman–Crippen MR) is 219 cm³/mol. The molecule has 0 atom stereocenters. The van der Waals surface area contributed by atoms with Gasteiger partial charge in [-0.05, 0) is 87.7 Å². The molecule has 4 heteroatoms. The summed E-state index contributed by atoms with van der Waals surface area (Å²) in [5.41, 5.74) is 17.3. The Bertz CT molecular complexity index is 2610. The Hall–Kier alpha value is -6.65. The fraction of sp³-hybridized carbons (Fsp3) is 0.0625. The Morgan fingerprint density at radius 2 is 1.37 bits per heavy atom. The molecule has 0 unspecified atom stereocenters. The third kappa shape index (κ3) is 5.84. The van der Waals surface area contributed by atoms with Gasteiger partial charge in [0.1, 0.15) is 0 Å². The number of nitrogens with zero attached hydrogens (tertiary/aromatic N) is 3. The van der Waals surface area contributed by atoms with Gasteiger partial charge in [0.15, 0.2) is 5.84 Å². The molecule has 0 bridgehead atoms. The van der Waals surface area contributed by atoms with Crippen LogP contribution in [0.15, 0.2) is 168 Å². The van der Waals surface area contributed by atoms with E-state index in [1.807, 2.05) is 60.7 Å². The lowest BCUT2D eigenvalue weighted by atomic mass is 9.91. The van der Waals surface area contributed by atoms with Crippen molar-refractivity contribution in [3.8, 4) is 33.5 Å². The lowest BCUT2D eigenvalue weighted by molar-refractivity contribution is 1.26. The van der Waals surface area contributed by atoms with Gasteiger partial charge < -0.3 is 5.32 Å². The van der Waals surface area contributed by atoms with E-state index in [2.05, 4.69) is 116 Å². The number of benzene rings is 6. The molecule has 0 amide bonds. The molecule has 0 spiro atoms. The van der Waals surface area contributed by atoms with E-state index in [1.165, 1.54) is 27.8 Å². The van der Waals surface area contributed by atoms with Gasteiger partial charge in [0.25, 0.3) is 0 Å². The lowest BCUT2D eigenvalue weighted by Crippen LogP contribution is -2.06. The first-order valence-corrected chi connectivity index (χ1v) is 17.7. The summed E-state index contributed by atoms with van der Waals surface area (Å²) in [5, 5.41) is 4.68. The van der Waals surface area contributed by atoms with Crippen LogP contribution in [0, 0.1) is 0 Å². The minimum atomic E-state index is 0.615. The molecule has 0 saturated heterocycles. The molecule has 52 heavy (non-hydrogen) atoms. The molecule has 7 aromatic rings. The molecule has 4 nitrogen and oxygen atoms in total. The highest BCUT2D eigenvalue weighted by atomic mass is 14.9. The summed E-state index contributed by atoms with van der Waals surface area (Å²) < 4.78 is 0. The summed E-state index contributed by atoms with van der Waals surface area (Å²) in [5.74, 6) is 0.615. The fourth-order valence-electron chi connectivity index (χ4n) is 7.39. The second-order valence-electron chi connectivity index (χ2n) is 13.4. The van der Waals surface area contributed by atoms with Crippen molar-refractivity contribution in [2.24, 2.45) is 9.98 Å². The quantitative estimate of drug-likeness (QED) is 0.142. The number of rotatable bonds is 6. The van der Waals surface area contributed by atoms with Crippen LogP contribution < -0.4 is 5.32 Å². The lowest BCUT2D eigenvalue weighted by Gasteiger charge is -2.17. The van der Waals surface area contributed by atoms with Gasteiger partial charge in [-0.3, -0.25) is 0 Å². The van der Waals surface area contributed by atoms with Crippen LogP contribution in [0.25, 0.3) is 56.2 Å². The van der Waals surface area contributed by atoms with E-state index in [9.17, 15) is 0 Å². The highest BCUT2D eigenvalue weighted by molar-refractivity contribution is 6.13. The first-order valence-electron chi connectivity index (χ1n) is 17.7. The molecule has 2 aliphatic rings. The van der Waals surface area contributed by atoms with Gasteiger partial charge in [0.05, 0.1) is 22.6 Å². The third-order valence-corrected chi connectivity index (χ3v) is 10.1. The number of amidine groups is 1. The highest BCUT2D eigenvalue weighted by Gasteiger charge is 2.22. The van der Waals surface area contributed by atoms with Crippen molar-refractivity contribution in [2.75, 3.05) is 11.9 Å². The topological polar surface area (TPSA) is 49.6 Å². The molecule has 0 saturated carbocycles. The Labute approximate surface area is 304 Å². The zero-order valence-electron chi connectivity index (χ0n) is 29.0. The van der Waals surface area contributed by atoms with Gasteiger partial charge in [0.2, 0.25) is 0 Å². The Morgan fingerprint density at radius 1 is 0.654 bits per heavy atom. The van der Waals surface area contributed by atoms with Crippen molar-refractivity contribution >= 4 is 39.9 Å². The normalized spacial score (nSPS) is 13.3. The van der Waals surface area contributed by atoms with Crippen molar-refractivity contribution in [3.63, 3.8) is 0 Å². The minimum absolute atomic E-state index is 0.615. The molecule has 6 aromatic carbocycles. The van der Waals surface area contributed by atoms with E-state index < -0.39 is 0 Å². The van der Waals surface area contributed by atoms with Crippen LogP contribution in [-0.2, 0) is 6.42 Å². The van der Waals surface area contributed by atoms with Crippen molar-refractivity contribution in [3.05, 3.63) is 192 Å². The summed E-state index contributed by atoms with van der Waals surface area (Å²) >= 11 is 0. The number of aromatic nitrogens is 1. The van der Waals surface area contributed by atoms with Crippen molar-refractivity contribution in [2.45, 2.75) is 13.3 Å². The molecule has 0 fully saturated rings. The van der Waals surface area contributed by atoms with Crippen LogP contribution in [0.4, 0.5) is 5.69 Å². The second kappa shape index (κ2) is 13.2. The Morgan fingerprint density at radius 3 is 2.21 bits per heavy atom. The fourth-order valence-corrected chi connectivity index (χ4v) is 7.39. The third-order valence-electron chi connectivity index (χ3n) is 10.1. The average Bonchev–Trinajstić information content (AvgIpc) is 3.60. The van der Waals surface area contributed by atoms with Crippen LogP contribution in [-0.4, -0.2) is 23.1 Å². The van der Waals surface area contributed by atoms with E-state index in [4.69, 9.17) is 15.0 Å². The smallest absolute Gasteiger partial charge is 0.160 e. The standard InChI is InChI=1S/C48H36N4/c1-31(33-13-5-3-6-14-33)50-48(36-15-7-4-8-16-36)51-32(2)38-27-39(42-20-11-21-43-41-19-10-9-17-37(41)30-44(42)43)29-40(28-38)45-25-24-35-23-22-34-18-12-26-49-46(34)47(35)52-45/h3-25,27-29,49H,1,26,30H2,2H3. The van der Waals surface area contributed by atoms with Gasteiger partial charge >= 0.3 is 0 Å². The molecule has 1 N–H and O–H groups in total. The molecule has 9 rings (SSSR count). The maximum atomic E-state index is 5.31. The van der Waals surface area contributed by atoms with Crippen LogP contribution >= 0.6 is 0 Å². The molecule has 2 heterocycles. The average molecular weight is 669 g/mol. The molecular formula is C48H36N4. The first-order chi connectivity index (χ1) is 25.6. The van der Waals surface area contributed by atoms with Crippen LogP contribution in [0.3, 0.4) is 0 Å².